The first-order chi connectivity index (χ1) is 12.3. The van der Waals surface area contributed by atoms with E-state index in [1.807, 2.05) is 0 Å². The lowest BCUT2D eigenvalue weighted by molar-refractivity contribution is -0.475. The summed E-state index contributed by atoms with van der Waals surface area (Å²) in [6.45, 7) is 0. The Bertz CT molecular complexity index is 797. The molecular weight excluding hydrogens is 555 g/mol. The Balaban J connectivity index is 2.67. The topological polar surface area (TPSA) is 29.1 Å². The van der Waals surface area contributed by atoms with Crippen molar-refractivity contribution in [3.05, 3.63) is 27.1 Å². The average molecular weight is 559 g/mol. The fourth-order valence-electron chi connectivity index (χ4n) is 2.30. The van der Waals surface area contributed by atoms with Crippen LogP contribution >= 0.6 is 31.9 Å². The van der Waals surface area contributed by atoms with Crippen molar-refractivity contribution in [2.45, 2.75) is 35.3 Å². The summed E-state index contributed by atoms with van der Waals surface area (Å²) in [6, 6.07) is 2.58. The highest BCUT2D eigenvalue weighted by Gasteiger charge is 3.02. The molecule has 28 heavy (non-hydrogen) atoms. The molecule has 15 heteroatoms. The molecule has 1 aliphatic rings. The molecule has 0 atom stereocenters. The first kappa shape index (κ1) is 23.2. The number of benzene rings is 1. The maximum atomic E-state index is 14.5. The molecule has 0 radical (unpaired) electrons. The second kappa shape index (κ2) is 6.19. The Morgan fingerprint density at radius 2 is 1.07 bits per heavy atom. The number of carbonyl (C=O) groups excluding carboxylic acids is 1. The van der Waals surface area contributed by atoms with Gasteiger partial charge in [-0.15, -0.1) is 0 Å². The third-order valence-corrected chi connectivity index (χ3v) is 5.81. The van der Waals surface area contributed by atoms with E-state index in [9.17, 15) is 53.1 Å². The van der Waals surface area contributed by atoms with Crippen molar-refractivity contribution in [2.75, 3.05) is 5.32 Å². The summed E-state index contributed by atoms with van der Waals surface area (Å²) in [5.41, 5.74) is -7.50. The van der Waals surface area contributed by atoms with Crippen LogP contribution in [0, 0.1) is 0 Å². The Hall–Kier alpha value is -1.12. The summed E-state index contributed by atoms with van der Waals surface area (Å²) < 4.78 is 149. The van der Waals surface area contributed by atoms with E-state index in [0.29, 0.717) is 0 Å². The van der Waals surface area contributed by atoms with E-state index in [0.717, 1.165) is 23.5 Å². The zero-order chi connectivity index (χ0) is 22.1. The monoisotopic (exact) mass is 557 g/mol. The van der Waals surface area contributed by atoms with Crippen LogP contribution in [-0.2, 0) is 4.79 Å². The van der Waals surface area contributed by atoms with E-state index < -0.39 is 46.9 Å². The second-order valence-corrected chi connectivity index (χ2v) is 7.32. The third kappa shape index (κ3) is 2.46. The van der Waals surface area contributed by atoms with Crippen molar-refractivity contribution in [1.29, 1.82) is 0 Å². The molecule has 0 saturated heterocycles. The van der Waals surface area contributed by atoms with Gasteiger partial charge in [-0.2, -0.15) is 43.9 Å². The molecule has 0 spiro atoms. The minimum absolute atomic E-state index is 0.0163. The minimum Gasteiger partial charge on any atom is -0.323 e. The number of amides is 1. The summed E-state index contributed by atoms with van der Waals surface area (Å²) in [4.78, 5) is 11.7. The molecule has 1 amide bonds. The van der Waals surface area contributed by atoms with Gasteiger partial charge in [0.2, 0.25) is 0 Å². The van der Waals surface area contributed by atoms with Gasteiger partial charge < -0.3 is 5.32 Å². The molecule has 158 valence electrons. The van der Waals surface area contributed by atoms with E-state index in [2.05, 4.69) is 31.9 Å². The predicted molar refractivity (Wildman–Crippen MR) is 79.0 cm³/mol. The predicted octanol–water partition coefficient (Wildman–Crippen LogP) is 6.05. The van der Waals surface area contributed by atoms with Crippen LogP contribution in [0.4, 0.5) is 54.0 Å². The van der Waals surface area contributed by atoms with E-state index in [1.165, 1.54) is 0 Å². The normalized spacial score (nSPS) is 25.8. The highest BCUT2D eigenvalue weighted by molar-refractivity contribution is 9.13. The summed E-state index contributed by atoms with van der Waals surface area (Å²) in [6.07, 6.45) is 0. The summed E-state index contributed by atoms with van der Waals surface area (Å²) in [7, 11) is 0. The molecule has 1 saturated carbocycles. The molecule has 2 nitrogen and oxygen atoms in total. The number of nitrogens with one attached hydrogen (secondary N) is 1. The van der Waals surface area contributed by atoms with Crippen LogP contribution in [0.5, 0.6) is 0 Å². The smallest absolute Gasteiger partial charge is 0.323 e. The SMILES string of the molecule is O=C(Nc1ccc(Br)c(Br)c1)C1(F)C(F)(F)C(F)(F)C(F)(F)C(F)(F)C1(F)F. The van der Waals surface area contributed by atoms with Crippen LogP contribution in [0.2, 0.25) is 0 Å². The largest absolute Gasteiger partial charge is 0.384 e. The molecule has 1 fully saturated rings. The quantitative estimate of drug-likeness (QED) is 0.440. The maximum Gasteiger partial charge on any atom is 0.384 e. The van der Waals surface area contributed by atoms with Crippen LogP contribution in [0.15, 0.2) is 27.1 Å². The van der Waals surface area contributed by atoms with Gasteiger partial charge in [-0.05, 0) is 50.1 Å². The van der Waals surface area contributed by atoms with Gasteiger partial charge >= 0.3 is 35.3 Å². The molecule has 1 aliphatic carbocycles. The minimum atomic E-state index is -7.37. The van der Waals surface area contributed by atoms with E-state index in [-0.39, 0.29) is 8.95 Å². The Morgan fingerprint density at radius 3 is 1.46 bits per heavy atom. The van der Waals surface area contributed by atoms with E-state index in [4.69, 9.17) is 0 Å². The van der Waals surface area contributed by atoms with Crippen molar-refractivity contribution in [2.24, 2.45) is 0 Å². The molecule has 0 heterocycles. The Kier molecular flexibility index (Phi) is 5.12. The van der Waals surface area contributed by atoms with Crippen molar-refractivity contribution in [1.82, 2.24) is 0 Å². The summed E-state index contributed by atoms with van der Waals surface area (Å²) in [5, 5.41) is 0.998. The highest BCUT2D eigenvalue weighted by Crippen LogP contribution is 2.69. The Labute approximate surface area is 164 Å². The number of halogens is 13. The number of carbonyl (C=O) groups is 1. The van der Waals surface area contributed by atoms with Gasteiger partial charge in [0.25, 0.3) is 5.91 Å². The van der Waals surface area contributed by atoms with Crippen molar-refractivity contribution < 1.29 is 53.1 Å². The average Bonchev–Trinajstić information content (AvgIpc) is 2.55. The number of rotatable bonds is 2. The Morgan fingerprint density at radius 1 is 0.679 bits per heavy atom. The van der Waals surface area contributed by atoms with Crippen molar-refractivity contribution in [3.8, 4) is 0 Å². The maximum absolute atomic E-state index is 14.5. The van der Waals surface area contributed by atoms with Crippen LogP contribution in [0.25, 0.3) is 0 Å². The molecular formula is C13H4Br2F11NO. The zero-order valence-electron chi connectivity index (χ0n) is 12.6. The molecule has 0 bridgehead atoms. The van der Waals surface area contributed by atoms with E-state index >= 15 is 0 Å². The zero-order valence-corrected chi connectivity index (χ0v) is 15.7. The van der Waals surface area contributed by atoms with Crippen molar-refractivity contribution in [3.63, 3.8) is 0 Å². The number of anilines is 1. The number of hydrogen-bond donors (Lipinski definition) is 1. The summed E-state index contributed by atoms with van der Waals surface area (Å²) >= 11 is 5.72. The van der Waals surface area contributed by atoms with Gasteiger partial charge in [-0.3, -0.25) is 4.79 Å². The van der Waals surface area contributed by atoms with Gasteiger partial charge in [0.1, 0.15) is 0 Å². The van der Waals surface area contributed by atoms with E-state index in [1.54, 1.807) is 0 Å². The van der Waals surface area contributed by atoms with Gasteiger partial charge in [0.15, 0.2) is 0 Å². The number of alkyl halides is 11. The van der Waals surface area contributed by atoms with Gasteiger partial charge in [0, 0.05) is 14.6 Å². The van der Waals surface area contributed by atoms with Gasteiger partial charge in [-0.25, -0.2) is 4.39 Å². The molecule has 0 aliphatic heterocycles. The molecule has 1 aromatic carbocycles. The molecule has 0 aromatic heterocycles. The fraction of sp³-hybridized carbons (Fsp3) is 0.462. The fourth-order valence-corrected chi connectivity index (χ4v) is 2.92. The van der Waals surface area contributed by atoms with Gasteiger partial charge in [0.05, 0.1) is 0 Å². The lowest BCUT2D eigenvalue weighted by atomic mass is 9.71. The third-order valence-electron chi connectivity index (χ3n) is 3.93. The standard InChI is InChI=1S/C13H4Br2F11NO/c14-5-2-1-4(3-6(5)15)27-7(28)8(16)9(17,18)11(21,22)13(25,26)12(23,24)10(8,19)20/h1-3H,(H,27,28). The van der Waals surface area contributed by atoms with Crippen LogP contribution in [0.1, 0.15) is 0 Å². The molecule has 2 rings (SSSR count). The molecule has 0 unspecified atom stereocenters. The lowest BCUT2D eigenvalue weighted by Gasteiger charge is -2.51. The second-order valence-electron chi connectivity index (χ2n) is 5.61. The van der Waals surface area contributed by atoms with Crippen LogP contribution in [-0.4, -0.2) is 41.2 Å². The first-order valence-corrected chi connectivity index (χ1v) is 8.23. The van der Waals surface area contributed by atoms with Crippen LogP contribution in [0.3, 0.4) is 0 Å². The number of hydrogen-bond acceptors (Lipinski definition) is 1. The first-order valence-electron chi connectivity index (χ1n) is 6.65. The molecule has 1 aromatic rings. The molecule has 1 N–H and O–H groups in total. The van der Waals surface area contributed by atoms with Crippen molar-refractivity contribution >= 4 is 43.5 Å². The van der Waals surface area contributed by atoms with Gasteiger partial charge in [-0.1, -0.05) is 0 Å². The highest BCUT2D eigenvalue weighted by atomic mass is 79.9. The summed E-state index contributed by atoms with van der Waals surface area (Å²) in [5.74, 6) is -39.8. The van der Waals surface area contributed by atoms with Crippen LogP contribution < -0.4 is 5.32 Å². The lowest BCUT2D eigenvalue weighted by Crippen LogP contribution is -2.86.